The van der Waals surface area contributed by atoms with Gasteiger partial charge < -0.3 is 46.6 Å². The Labute approximate surface area is 329 Å². The summed E-state index contributed by atoms with van der Waals surface area (Å²) in [4.78, 5) is 0. The van der Waals surface area contributed by atoms with E-state index in [0.29, 0.717) is 0 Å². The molecule has 0 aliphatic heterocycles. The zero-order valence-corrected chi connectivity index (χ0v) is 30.7. The van der Waals surface area contributed by atoms with Gasteiger partial charge in [-0.1, -0.05) is 84.9 Å². The molecule has 1 unspecified atom stereocenters. The Bertz CT molecular complexity index is 1950. The second kappa shape index (κ2) is 19.5. The summed E-state index contributed by atoms with van der Waals surface area (Å²) in [5.41, 5.74) is 11.6. The molecule has 0 amide bonds. The Morgan fingerprint density at radius 3 is 0.596 bits per heavy atom. The fourth-order valence-electron chi connectivity index (χ4n) is 6.46. The number of phenolic OH excluding ortho intramolecular Hbond substituents is 7. The molecule has 0 fully saturated rings. The van der Waals surface area contributed by atoms with Crippen LogP contribution >= 0.6 is 0 Å². The number of alkyl halides is 1. The second-order valence-corrected chi connectivity index (χ2v) is 13.2. The molecule has 0 bridgehead atoms. The summed E-state index contributed by atoms with van der Waals surface area (Å²) in [6, 6.07) is 49.6. The van der Waals surface area contributed by atoms with Gasteiger partial charge in [0.05, 0.1) is 0 Å². The van der Waals surface area contributed by atoms with E-state index in [1.165, 1.54) is 0 Å². The Kier molecular flexibility index (Phi) is 14.1. The fourth-order valence-corrected chi connectivity index (χ4v) is 6.46. The Morgan fingerprint density at radius 1 is 0.316 bits per heavy atom. The maximum atomic E-state index is 10.9. The number of phenols is 7. The average molecular weight is 770 g/mol. The number of aromatic hydroxyl groups is 7. The van der Waals surface area contributed by atoms with E-state index in [2.05, 4.69) is 5.73 Å². The minimum absolute atomic E-state index is 0.0400. The quantitative estimate of drug-likeness (QED) is 0.0648. The molecule has 0 saturated heterocycles. The van der Waals surface area contributed by atoms with Crippen molar-refractivity contribution in [3.05, 3.63) is 209 Å². The summed E-state index contributed by atoms with van der Waals surface area (Å²) in [5.74, 6) is 1.10. The first kappa shape index (κ1) is 41.2. The van der Waals surface area contributed by atoms with Crippen LogP contribution in [0.1, 0.15) is 56.7 Å². The minimum Gasteiger partial charge on any atom is -0.508 e. The van der Waals surface area contributed by atoms with Crippen molar-refractivity contribution in [2.24, 2.45) is 5.73 Å². The van der Waals surface area contributed by atoms with Crippen LogP contribution in [0.2, 0.25) is 0 Å². The van der Waals surface area contributed by atoms with Gasteiger partial charge >= 0.3 is 0 Å². The summed E-state index contributed by atoms with van der Waals surface area (Å²) in [6.07, 6.45) is -1.84. The lowest BCUT2D eigenvalue weighted by molar-refractivity contribution is 0.0508. The highest BCUT2D eigenvalue weighted by atomic mass is 19.1. The molecule has 57 heavy (non-hydrogen) atoms. The number of nitrogens with two attached hydrogens (primary N) is 1. The van der Waals surface area contributed by atoms with E-state index in [1.807, 2.05) is 84.9 Å². The van der Waals surface area contributed by atoms with Crippen LogP contribution in [-0.4, -0.2) is 53.8 Å². The Morgan fingerprint density at radius 2 is 0.456 bits per heavy atom. The van der Waals surface area contributed by atoms with Gasteiger partial charge in [0, 0.05) is 24.3 Å². The van der Waals surface area contributed by atoms with Crippen molar-refractivity contribution in [1.82, 2.24) is 0 Å². The van der Waals surface area contributed by atoms with Crippen LogP contribution in [0.15, 0.2) is 170 Å². The second-order valence-electron chi connectivity index (χ2n) is 13.2. The van der Waals surface area contributed by atoms with Crippen molar-refractivity contribution in [1.29, 1.82) is 0 Å². The van der Waals surface area contributed by atoms with E-state index in [4.69, 9.17) is 5.11 Å². The van der Waals surface area contributed by atoms with Gasteiger partial charge in [-0.25, -0.2) is 4.39 Å². The van der Waals surface area contributed by atoms with Crippen LogP contribution < -0.4 is 5.73 Å². The monoisotopic (exact) mass is 769 g/mol. The van der Waals surface area contributed by atoms with Crippen LogP contribution in [0.5, 0.6) is 40.2 Å². The van der Waals surface area contributed by atoms with Crippen molar-refractivity contribution < 1.29 is 45.2 Å². The van der Waals surface area contributed by atoms with Gasteiger partial charge in [-0.05, 0) is 124 Å². The number of aliphatic hydroxyl groups is 1. The third-order valence-electron chi connectivity index (χ3n) is 9.22. The number of hydrogen-bond donors (Lipinski definition) is 9. The predicted octanol–water partition coefficient (Wildman–Crippen LogP) is 8.69. The summed E-state index contributed by atoms with van der Waals surface area (Å²) < 4.78 is 10.9. The first-order valence-corrected chi connectivity index (χ1v) is 18.0. The lowest BCUT2D eigenvalue weighted by Gasteiger charge is -2.29. The van der Waals surface area contributed by atoms with Crippen LogP contribution in [0, 0.1) is 0 Å². The van der Waals surface area contributed by atoms with Gasteiger partial charge in [0.15, 0.2) is 0 Å². The lowest BCUT2D eigenvalue weighted by atomic mass is 9.73. The molecule has 9 nitrogen and oxygen atoms in total. The number of benzene rings is 7. The fraction of sp³-hybridized carbons (Fsp3) is 0.106. The maximum Gasteiger partial charge on any atom is 0.208 e. The number of hydrogen-bond acceptors (Lipinski definition) is 9. The van der Waals surface area contributed by atoms with Gasteiger partial charge in [0.25, 0.3) is 0 Å². The number of halogens is 1. The van der Waals surface area contributed by atoms with Gasteiger partial charge in [-0.15, -0.1) is 0 Å². The predicted molar refractivity (Wildman–Crippen MR) is 218 cm³/mol. The Hall–Kier alpha value is -7.01. The van der Waals surface area contributed by atoms with E-state index in [0.717, 1.165) is 38.9 Å². The van der Waals surface area contributed by atoms with E-state index < -0.39 is 6.36 Å². The van der Waals surface area contributed by atoms with Crippen LogP contribution in [0.25, 0.3) is 0 Å². The van der Waals surface area contributed by atoms with E-state index in [1.54, 1.807) is 84.9 Å². The van der Waals surface area contributed by atoms with Gasteiger partial charge in [0.1, 0.15) is 40.2 Å². The molecule has 1 atom stereocenters. The van der Waals surface area contributed by atoms with Gasteiger partial charge in [-0.2, -0.15) is 0 Å². The van der Waals surface area contributed by atoms with Crippen LogP contribution in [0.4, 0.5) is 4.39 Å². The topological polar surface area (TPSA) is 188 Å². The number of rotatable bonds is 9. The first-order valence-electron chi connectivity index (χ1n) is 18.0. The molecule has 0 heterocycles. The standard InChI is InChI=1S/C26H22O4.C19H16O3.C2H6FNO/c27-21-9-1-17(2-10-21)25(18-3-11-22(28)12-4-18)26(19-5-13-23(29)14-6-19)20-7-15-24(30)16-8-20;20-16-7-1-13(2-8-16)19(14-3-9-17(21)10-4-14)15-5-11-18(22)12-6-15;3-2(5)1-4/h1-16,25-30H;1-12,19-22H;2,5H,1,4H2. The molecule has 0 aliphatic carbocycles. The van der Waals surface area contributed by atoms with E-state index in [9.17, 15) is 40.1 Å². The largest absolute Gasteiger partial charge is 0.508 e. The third-order valence-corrected chi connectivity index (χ3v) is 9.22. The zero-order chi connectivity index (χ0) is 40.9. The number of aliphatic hydroxyl groups excluding tert-OH is 1. The Balaban J connectivity index is 0.000000202. The molecule has 7 rings (SSSR count). The first-order chi connectivity index (χ1) is 27.4. The van der Waals surface area contributed by atoms with Crippen molar-refractivity contribution in [2.75, 3.05) is 6.54 Å². The summed E-state index contributed by atoms with van der Waals surface area (Å²) in [7, 11) is 0. The van der Waals surface area contributed by atoms with Crippen molar-refractivity contribution >= 4 is 0 Å². The molecule has 292 valence electrons. The van der Waals surface area contributed by atoms with Crippen molar-refractivity contribution in [3.8, 4) is 40.2 Å². The molecular weight excluding hydrogens is 726 g/mol. The molecular formula is C47H44FNO8. The van der Waals surface area contributed by atoms with Crippen LogP contribution in [0.3, 0.4) is 0 Å². The molecule has 7 aromatic rings. The molecule has 0 radical (unpaired) electrons. The minimum atomic E-state index is -1.84. The molecule has 10 heteroatoms. The van der Waals surface area contributed by atoms with Crippen molar-refractivity contribution in [3.63, 3.8) is 0 Å². The highest BCUT2D eigenvalue weighted by Gasteiger charge is 2.28. The molecule has 0 aromatic heterocycles. The summed E-state index contributed by atoms with van der Waals surface area (Å²) in [6.45, 7) is -0.306. The average Bonchev–Trinajstić information content (AvgIpc) is 3.21. The van der Waals surface area contributed by atoms with Crippen molar-refractivity contribution in [2.45, 2.75) is 24.1 Å². The molecule has 10 N–H and O–H groups in total. The van der Waals surface area contributed by atoms with Crippen LogP contribution in [-0.2, 0) is 0 Å². The normalized spacial score (nSPS) is 11.3. The smallest absolute Gasteiger partial charge is 0.208 e. The maximum absolute atomic E-state index is 10.9. The molecule has 0 aliphatic rings. The van der Waals surface area contributed by atoms with Gasteiger partial charge in [0.2, 0.25) is 6.36 Å². The summed E-state index contributed by atoms with van der Waals surface area (Å²) >= 11 is 0. The SMILES string of the molecule is NCC(O)F.Oc1ccc(C(c2ccc(O)cc2)C(c2ccc(O)cc2)c2ccc(O)cc2)cc1.Oc1ccc(C(c2ccc(O)cc2)c2ccc(O)cc2)cc1. The zero-order valence-electron chi connectivity index (χ0n) is 30.7. The van der Waals surface area contributed by atoms with Gasteiger partial charge in [-0.3, -0.25) is 0 Å². The lowest BCUT2D eigenvalue weighted by Crippen LogP contribution is -2.14. The molecule has 0 spiro atoms. The highest BCUT2D eigenvalue weighted by molar-refractivity contribution is 5.49. The molecule has 7 aromatic carbocycles. The molecule has 0 saturated carbocycles. The van der Waals surface area contributed by atoms with E-state index >= 15 is 0 Å². The highest BCUT2D eigenvalue weighted by Crippen LogP contribution is 2.44. The third kappa shape index (κ3) is 11.5. The summed E-state index contributed by atoms with van der Waals surface area (Å²) in [5, 5.41) is 75.2. The van der Waals surface area contributed by atoms with E-state index in [-0.39, 0.29) is 64.5 Å².